The summed E-state index contributed by atoms with van der Waals surface area (Å²) >= 11 is 1.44. The van der Waals surface area contributed by atoms with Crippen molar-refractivity contribution in [2.75, 3.05) is 71.8 Å². The number of aliphatic hydroxyl groups is 2. The van der Waals surface area contributed by atoms with Crippen molar-refractivity contribution in [2.24, 2.45) is 0 Å². The van der Waals surface area contributed by atoms with Gasteiger partial charge in [0.05, 0.1) is 43.0 Å². The van der Waals surface area contributed by atoms with Gasteiger partial charge in [-0.1, -0.05) is 17.8 Å². The van der Waals surface area contributed by atoms with E-state index in [0.29, 0.717) is 83.7 Å². The zero-order valence-corrected chi connectivity index (χ0v) is 32.5. The Bertz CT molecular complexity index is 1080. The predicted molar refractivity (Wildman–Crippen MR) is 189 cm³/mol. The monoisotopic (exact) mass is 720 g/mol. The molecule has 272 valence electrons. The Labute approximate surface area is 288 Å². The molecule has 47 heavy (non-hydrogen) atoms. The molecule has 0 bridgehead atoms. The predicted octanol–water partition coefficient (Wildman–Crippen LogP) is 5.07. The summed E-state index contributed by atoms with van der Waals surface area (Å²) in [5, 5.41) is 22.4. The van der Waals surface area contributed by atoms with Crippen LogP contribution in [0.4, 0.5) is 0 Å². The smallest absolute Gasteiger partial charge is 0.390 e. The molecule has 1 aromatic carbocycles. The fraction of sp³-hybridized carbons (Fsp3) is 0.781. The maximum atomic E-state index is 10.9. The largest absolute Gasteiger partial charge is 0.501 e. The van der Waals surface area contributed by atoms with Gasteiger partial charge in [0.25, 0.3) is 0 Å². The Hall–Kier alpha value is -0.926. The van der Waals surface area contributed by atoms with Gasteiger partial charge in [-0.2, -0.15) is 0 Å². The highest BCUT2D eigenvalue weighted by atomic mass is 32.2. The van der Waals surface area contributed by atoms with Gasteiger partial charge in [-0.15, -0.1) is 0 Å². The Kier molecular flexibility index (Phi) is 21.1. The van der Waals surface area contributed by atoms with Gasteiger partial charge < -0.3 is 50.8 Å². The summed E-state index contributed by atoms with van der Waals surface area (Å²) in [4.78, 5) is 4.80. The van der Waals surface area contributed by atoms with Crippen LogP contribution in [0, 0.1) is 6.92 Å². The third-order valence-electron chi connectivity index (χ3n) is 7.02. The fourth-order valence-electron chi connectivity index (χ4n) is 5.20. The summed E-state index contributed by atoms with van der Waals surface area (Å²) in [6.07, 6.45) is 0.00233. The Balaban J connectivity index is 1.89. The highest BCUT2D eigenvalue weighted by Gasteiger charge is 2.40. The Morgan fingerprint density at radius 1 is 0.723 bits per heavy atom. The van der Waals surface area contributed by atoms with Crippen LogP contribution in [0.3, 0.4) is 0 Å². The van der Waals surface area contributed by atoms with Crippen molar-refractivity contribution in [3.63, 3.8) is 0 Å². The number of ether oxygens (including phenoxy) is 2. The van der Waals surface area contributed by atoms with Crippen LogP contribution in [0.15, 0.2) is 23.4 Å². The minimum atomic E-state index is -2.72. The van der Waals surface area contributed by atoms with Gasteiger partial charge in [-0.3, -0.25) is 0 Å². The summed E-state index contributed by atoms with van der Waals surface area (Å²) < 4.78 is 49.1. The number of nitrogens with zero attached hydrogens (tertiary/aromatic N) is 2. The molecule has 2 unspecified atom stereocenters. The molecule has 0 aliphatic rings. The fourth-order valence-corrected chi connectivity index (χ4v) is 11.3. The van der Waals surface area contributed by atoms with Gasteiger partial charge in [0.1, 0.15) is 0 Å². The topological polar surface area (TPSA) is 132 Å². The van der Waals surface area contributed by atoms with Crippen LogP contribution >= 0.6 is 11.8 Å². The van der Waals surface area contributed by atoms with Crippen molar-refractivity contribution >= 4 is 40.4 Å². The molecule has 2 rings (SSSR count). The molecule has 0 saturated heterocycles. The molecule has 0 aliphatic heterocycles. The quantitative estimate of drug-likeness (QED) is 0.0661. The lowest BCUT2D eigenvalue weighted by Gasteiger charge is -2.28. The standard InChI is InChI=1S/C32H60N2O10SSi2/c1-8-39-46(40-9-2,41-10-3)20-14-18-37-24-28(35)23-34-31-22-27(7)16-17-30(31)33-32(34)45-26-29(36)25-38-19-15-21-47(42-11-4,43-12-5)44-13-6/h16-17,22,28-29,35-36H,8-15,18-21,23-26H2,1-7H3. The lowest BCUT2D eigenvalue weighted by Crippen LogP contribution is -2.46. The SMILES string of the molecule is CCO[Si](CCCOCC(O)CSc1nc2ccc(C)cc2n1CC(O)COCCC[Si](OCC)(OCC)OCC)(OCC)OCC. The number of aromatic nitrogens is 2. The van der Waals surface area contributed by atoms with Gasteiger partial charge in [0, 0.05) is 70.7 Å². The second-order valence-corrected chi connectivity index (χ2v) is 17.4. The van der Waals surface area contributed by atoms with Crippen molar-refractivity contribution < 1.29 is 46.2 Å². The molecule has 1 heterocycles. The highest BCUT2D eigenvalue weighted by Crippen LogP contribution is 2.26. The van der Waals surface area contributed by atoms with E-state index in [2.05, 4.69) is 6.07 Å². The Morgan fingerprint density at radius 3 is 1.66 bits per heavy atom. The lowest BCUT2D eigenvalue weighted by molar-refractivity contribution is 0.0243. The van der Waals surface area contributed by atoms with Crippen molar-refractivity contribution in [3.8, 4) is 0 Å². The van der Waals surface area contributed by atoms with E-state index in [0.717, 1.165) is 28.2 Å². The zero-order valence-electron chi connectivity index (χ0n) is 29.7. The van der Waals surface area contributed by atoms with Crippen molar-refractivity contribution in [1.29, 1.82) is 0 Å². The number of imidazole rings is 1. The summed E-state index contributed by atoms with van der Waals surface area (Å²) in [5.74, 6) is 0.398. The van der Waals surface area contributed by atoms with Crippen LogP contribution in [0.1, 0.15) is 59.9 Å². The van der Waals surface area contributed by atoms with Gasteiger partial charge >= 0.3 is 17.6 Å². The first-order chi connectivity index (χ1) is 22.7. The molecule has 0 spiro atoms. The van der Waals surface area contributed by atoms with Crippen molar-refractivity contribution in [2.45, 2.75) is 97.3 Å². The maximum Gasteiger partial charge on any atom is 0.501 e. The number of hydrogen-bond donors (Lipinski definition) is 2. The van der Waals surface area contributed by atoms with Crippen LogP contribution in [-0.2, 0) is 42.6 Å². The maximum absolute atomic E-state index is 10.9. The second-order valence-electron chi connectivity index (χ2n) is 10.9. The highest BCUT2D eigenvalue weighted by molar-refractivity contribution is 7.99. The van der Waals surface area contributed by atoms with E-state index in [9.17, 15) is 10.2 Å². The summed E-state index contributed by atoms with van der Waals surface area (Å²) in [6.45, 7) is 18.6. The number of benzene rings is 1. The number of thioether (sulfide) groups is 1. The average molecular weight is 721 g/mol. The van der Waals surface area contributed by atoms with Crippen LogP contribution in [0.25, 0.3) is 11.0 Å². The first-order valence-corrected chi connectivity index (χ1v) is 22.0. The number of aliphatic hydroxyl groups excluding tert-OH is 2. The molecular formula is C32H60N2O10SSi2. The normalized spacial score (nSPS) is 13.9. The molecule has 2 aromatic rings. The molecular weight excluding hydrogens is 661 g/mol. The minimum Gasteiger partial charge on any atom is -0.390 e. The van der Waals surface area contributed by atoms with Gasteiger partial charge in [0.15, 0.2) is 5.16 Å². The molecule has 0 saturated carbocycles. The summed E-state index contributed by atoms with van der Waals surface area (Å²) in [7, 11) is -5.42. The molecule has 0 fully saturated rings. The first kappa shape index (κ1) is 42.2. The molecule has 1 aromatic heterocycles. The third kappa shape index (κ3) is 14.8. The Morgan fingerprint density at radius 2 is 1.19 bits per heavy atom. The van der Waals surface area contributed by atoms with Crippen molar-refractivity contribution in [3.05, 3.63) is 23.8 Å². The first-order valence-electron chi connectivity index (χ1n) is 17.2. The molecule has 0 radical (unpaired) electrons. The van der Waals surface area contributed by atoms with E-state index in [1.54, 1.807) is 0 Å². The molecule has 2 atom stereocenters. The molecule has 12 nitrogen and oxygen atoms in total. The van der Waals surface area contributed by atoms with Gasteiger partial charge in [-0.25, -0.2) is 4.98 Å². The molecule has 0 aliphatic carbocycles. The van der Waals surface area contributed by atoms with E-state index in [1.165, 1.54) is 11.8 Å². The third-order valence-corrected chi connectivity index (χ3v) is 14.4. The van der Waals surface area contributed by atoms with E-state index >= 15 is 0 Å². The van der Waals surface area contributed by atoms with E-state index in [1.807, 2.05) is 65.2 Å². The molecule has 2 N–H and O–H groups in total. The van der Waals surface area contributed by atoms with Crippen LogP contribution in [-0.4, -0.2) is 121 Å². The van der Waals surface area contributed by atoms with Gasteiger partial charge in [0.2, 0.25) is 0 Å². The summed E-state index contributed by atoms with van der Waals surface area (Å²) in [5.41, 5.74) is 2.88. The van der Waals surface area contributed by atoms with Crippen LogP contribution in [0.5, 0.6) is 0 Å². The second kappa shape index (κ2) is 23.5. The van der Waals surface area contributed by atoms with Crippen LogP contribution in [0.2, 0.25) is 12.1 Å². The lowest BCUT2D eigenvalue weighted by atomic mass is 10.2. The van der Waals surface area contributed by atoms with Gasteiger partial charge in [-0.05, 0) is 79.0 Å². The number of aryl methyl sites for hydroxylation is 1. The van der Waals surface area contributed by atoms with Crippen LogP contribution < -0.4 is 0 Å². The van der Waals surface area contributed by atoms with E-state index in [-0.39, 0.29) is 13.2 Å². The van der Waals surface area contributed by atoms with E-state index < -0.39 is 29.8 Å². The van der Waals surface area contributed by atoms with E-state index in [4.69, 9.17) is 41.0 Å². The number of fused-ring (bicyclic) bond motifs is 1. The average Bonchev–Trinajstić information content (AvgIpc) is 3.36. The zero-order chi connectivity index (χ0) is 34.5. The van der Waals surface area contributed by atoms with Crippen molar-refractivity contribution in [1.82, 2.24) is 9.55 Å². The summed E-state index contributed by atoms with van der Waals surface area (Å²) in [6, 6.07) is 7.39. The minimum absolute atomic E-state index is 0.179. The molecule has 0 amide bonds. The number of rotatable bonds is 29. The molecule has 15 heteroatoms. The number of hydrogen-bond acceptors (Lipinski definition) is 12.